The van der Waals surface area contributed by atoms with Gasteiger partial charge in [0.05, 0.1) is 25.0 Å². The number of aromatic nitrogens is 3. The Kier molecular flexibility index (Phi) is 8.68. The molecule has 4 rings (SSSR count). The molecule has 0 radical (unpaired) electrons. The van der Waals surface area contributed by atoms with Crippen molar-refractivity contribution in [1.29, 1.82) is 0 Å². The lowest BCUT2D eigenvalue weighted by Crippen LogP contribution is -2.43. The van der Waals surface area contributed by atoms with Gasteiger partial charge in [-0.05, 0) is 24.6 Å². The Balaban J connectivity index is 1.36. The van der Waals surface area contributed by atoms with Crippen molar-refractivity contribution < 1.29 is 23.4 Å². The summed E-state index contributed by atoms with van der Waals surface area (Å²) in [5, 5.41) is 15.1. The number of nitrogens with zero attached hydrogens (tertiary/aromatic N) is 3. The number of benzene rings is 2. The predicted molar refractivity (Wildman–Crippen MR) is 136 cm³/mol. The van der Waals surface area contributed by atoms with Crippen molar-refractivity contribution in [3.8, 4) is 0 Å². The summed E-state index contributed by atoms with van der Waals surface area (Å²) < 4.78 is 41.3. The van der Waals surface area contributed by atoms with E-state index in [9.17, 15) is 13.9 Å². The van der Waals surface area contributed by atoms with Gasteiger partial charge in [0.15, 0.2) is 6.29 Å². The van der Waals surface area contributed by atoms with Crippen molar-refractivity contribution in [3.05, 3.63) is 102 Å². The van der Waals surface area contributed by atoms with Crippen LogP contribution in [-0.4, -0.2) is 49.9 Å². The highest BCUT2D eigenvalue weighted by Gasteiger charge is 2.41. The number of hydrogen-bond acceptors (Lipinski definition) is 6. The highest BCUT2D eigenvalue weighted by Crippen LogP contribution is 2.38. The van der Waals surface area contributed by atoms with Crippen molar-refractivity contribution in [2.75, 3.05) is 13.2 Å². The third-order valence-electron chi connectivity index (χ3n) is 5.97. The molecule has 2 aromatic carbocycles. The first-order valence-corrected chi connectivity index (χ1v) is 12.6. The first kappa shape index (κ1) is 26.2. The van der Waals surface area contributed by atoms with Crippen molar-refractivity contribution >= 4 is 17.8 Å². The van der Waals surface area contributed by atoms with Crippen LogP contribution in [0.4, 0.5) is 8.78 Å². The molecule has 0 amide bonds. The summed E-state index contributed by atoms with van der Waals surface area (Å²) in [6.45, 7) is 4.60. The molecule has 0 saturated carbocycles. The van der Waals surface area contributed by atoms with Gasteiger partial charge in [-0.3, -0.25) is 0 Å². The van der Waals surface area contributed by atoms with Gasteiger partial charge in [0.2, 0.25) is 0 Å². The fourth-order valence-corrected chi connectivity index (χ4v) is 5.24. The second kappa shape index (κ2) is 11.9. The molecule has 36 heavy (non-hydrogen) atoms. The zero-order chi connectivity index (χ0) is 25.5. The number of thioether (sulfide) groups is 1. The molecule has 1 aliphatic heterocycles. The molecular formula is C27H29F2N3O3S. The lowest BCUT2D eigenvalue weighted by Gasteiger charge is -2.37. The molecule has 3 aromatic rings. The van der Waals surface area contributed by atoms with Crippen molar-refractivity contribution in [1.82, 2.24) is 14.8 Å². The van der Waals surface area contributed by atoms with Gasteiger partial charge in [0.1, 0.15) is 29.9 Å². The fraction of sp³-hybridized carbons (Fsp3) is 0.333. The van der Waals surface area contributed by atoms with Crippen molar-refractivity contribution in [2.24, 2.45) is 0 Å². The van der Waals surface area contributed by atoms with E-state index in [4.69, 9.17) is 9.47 Å². The van der Waals surface area contributed by atoms with Crippen LogP contribution in [0, 0.1) is 18.6 Å². The topological polar surface area (TPSA) is 69.4 Å². The maximum atomic E-state index is 14.7. The first-order valence-electron chi connectivity index (χ1n) is 11.6. The SMILES string of the molecule is Cc1ccc(/C=C/C=C/C2OCC(S[C@H](C)[C@](O)(Cn3cncn3)c3ccc(F)cc3F)CO2)cc1. The molecule has 0 bridgehead atoms. The Labute approximate surface area is 213 Å². The molecule has 1 N–H and O–H groups in total. The van der Waals surface area contributed by atoms with Crippen LogP contribution in [0.2, 0.25) is 0 Å². The highest BCUT2D eigenvalue weighted by atomic mass is 32.2. The van der Waals surface area contributed by atoms with E-state index in [2.05, 4.69) is 41.3 Å². The van der Waals surface area contributed by atoms with Gasteiger partial charge < -0.3 is 14.6 Å². The molecule has 1 aliphatic rings. The summed E-state index contributed by atoms with van der Waals surface area (Å²) in [5.74, 6) is -1.52. The van der Waals surface area contributed by atoms with Crippen LogP contribution in [0.3, 0.4) is 0 Å². The highest BCUT2D eigenvalue weighted by molar-refractivity contribution is 8.00. The molecular weight excluding hydrogens is 484 g/mol. The molecule has 2 atom stereocenters. The van der Waals surface area contributed by atoms with Gasteiger partial charge in [-0.1, -0.05) is 61.0 Å². The van der Waals surface area contributed by atoms with Gasteiger partial charge in [-0.2, -0.15) is 5.10 Å². The second-order valence-corrected chi connectivity index (χ2v) is 10.4. The van der Waals surface area contributed by atoms with Crippen molar-refractivity contribution in [3.63, 3.8) is 0 Å². The minimum absolute atomic E-state index is 0.00165. The van der Waals surface area contributed by atoms with Gasteiger partial charge in [-0.25, -0.2) is 18.4 Å². The molecule has 1 saturated heterocycles. The Bertz CT molecular complexity index is 1180. The van der Waals surface area contributed by atoms with Gasteiger partial charge in [-0.15, -0.1) is 11.8 Å². The van der Waals surface area contributed by atoms with E-state index in [0.29, 0.717) is 13.2 Å². The van der Waals surface area contributed by atoms with Crippen LogP contribution < -0.4 is 0 Å². The molecule has 1 aromatic heterocycles. The number of allylic oxidation sites excluding steroid dienone is 2. The zero-order valence-electron chi connectivity index (χ0n) is 20.1. The lowest BCUT2D eigenvalue weighted by molar-refractivity contribution is -0.146. The lowest BCUT2D eigenvalue weighted by atomic mass is 9.90. The Morgan fingerprint density at radius 2 is 1.92 bits per heavy atom. The quantitative estimate of drug-likeness (QED) is 0.411. The van der Waals surface area contributed by atoms with E-state index < -0.39 is 28.8 Å². The predicted octanol–water partition coefficient (Wildman–Crippen LogP) is 4.89. The van der Waals surface area contributed by atoms with Crippen LogP contribution in [0.1, 0.15) is 23.6 Å². The molecule has 6 nitrogen and oxygen atoms in total. The normalized spacial score (nSPS) is 21.1. The van der Waals surface area contributed by atoms with Crippen LogP contribution in [0.25, 0.3) is 6.08 Å². The monoisotopic (exact) mass is 513 g/mol. The van der Waals surface area contributed by atoms with E-state index >= 15 is 0 Å². The Morgan fingerprint density at radius 3 is 2.58 bits per heavy atom. The second-order valence-electron chi connectivity index (χ2n) is 8.73. The number of halogens is 2. The molecule has 0 aliphatic carbocycles. The fourth-order valence-electron chi connectivity index (χ4n) is 3.93. The van der Waals surface area contributed by atoms with Gasteiger partial charge in [0.25, 0.3) is 0 Å². The smallest absolute Gasteiger partial charge is 0.177 e. The number of rotatable bonds is 9. The minimum atomic E-state index is -1.67. The van der Waals surface area contributed by atoms with E-state index in [1.807, 2.05) is 24.3 Å². The maximum Gasteiger partial charge on any atom is 0.177 e. The van der Waals surface area contributed by atoms with Gasteiger partial charge >= 0.3 is 0 Å². The average Bonchev–Trinajstić information content (AvgIpc) is 3.36. The maximum absolute atomic E-state index is 14.7. The third kappa shape index (κ3) is 6.67. The molecule has 190 valence electrons. The summed E-state index contributed by atoms with van der Waals surface area (Å²) in [6.07, 6.45) is 9.97. The summed E-state index contributed by atoms with van der Waals surface area (Å²) in [7, 11) is 0. The number of aliphatic hydroxyl groups is 1. The minimum Gasteiger partial charge on any atom is -0.382 e. The van der Waals surface area contributed by atoms with Gasteiger partial charge in [0, 0.05) is 16.9 Å². The Morgan fingerprint density at radius 1 is 1.17 bits per heavy atom. The Hall–Kier alpha value is -2.85. The number of hydrogen-bond donors (Lipinski definition) is 1. The van der Waals surface area contributed by atoms with Crippen LogP contribution in [0.15, 0.2) is 73.3 Å². The number of ether oxygens (including phenoxy) is 2. The average molecular weight is 514 g/mol. The summed E-state index contributed by atoms with van der Waals surface area (Å²) in [5.41, 5.74) is 0.650. The first-order chi connectivity index (χ1) is 17.3. The van der Waals surface area contributed by atoms with Crippen molar-refractivity contribution in [2.45, 2.75) is 42.8 Å². The standard InChI is InChI=1S/C27H29F2N3O3S/c1-19-7-9-21(10-8-19)5-3-4-6-26-34-14-23(15-35-26)36-20(2)27(33,16-32-18-30-17-31-32)24-12-11-22(28)13-25(24)29/h3-13,17-18,20,23,26,33H,14-16H2,1-2H3/b5-3+,6-4+/t20-,23?,26?,27-/m1/s1. The van der Waals surface area contributed by atoms with E-state index in [-0.39, 0.29) is 17.4 Å². The molecule has 1 fully saturated rings. The molecule has 0 spiro atoms. The third-order valence-corrected chi connectivity index (χ3v) is 7.43. The van der Waals surface area contributed by atoms with E-state index in [1.165, 1.54) is 40.7 Å². The van der Waals surface area contributed by atoms with Crippen LogP contribution in [0.5, 0.6) is 0 Å². The van der Waals surface area contributed by atoms with Crippen LogP contribution in [-0.2, 0) is 21.6 Å². The van der Waals surface area contributed by atoms with Crippen LogP contribution >= 0.6 is 11.8 Å². The molecule has 2 heterocycles. The summed E-state index contributed by atoms with van der Waals surface area (Å²) in [4.78, 5) is 3.90. The number of aryl methyl sites for hydroxylation is 1. The zero-order valence-corrected chi connectivity index (χ0v) is 20.9. The summed E-state index contributed by atoms with van der Waals surface area (Å²) >= 11 is 1.43. The van der Waals surface area contributed by atoms with E-state index in [1.54, 1.807) is 6.92 Å². The molecule has 0 unspecified atom stereocenters. The van der Waals surface area contributed by atoms with E-state index in [0.717, 1.165) is 17.7 Å². The summed E-state index contributed by atoms with van der Waals surface area (Å²) in [6, 6.07) is 11.4. The largest absolute Gasteiger partial charge is 0.382 e. The molecule has 9 heteroatoms.